The van der Waals surface area contributed by atoms with E-state index in [1.54, 1.807) is 7.11 Å². The van der Waals surface area contributed by atoms with Crippen molar-refractivity contribution in [2.45, 2.75) is 37.5 Å². The average Bonchev–Trinajstić information content (AvgIpc) is 3.18. The van der Waals surface area contributed by atoms with Crippen LogP contribution in [0.4, 0.5) is 4.79 Å². The minimum atomic E-state index is -0.157. The number of amides is 1. The highest BCUT2D eigenvalue weighted by molar-refractivity contribution is 5.71. The van der Waals surface area contributed by atoms with Gasteiger partial charge in [-0.15, -0.1) is 0 Å². The minimum Gasteiger partial charge on any atom is -0.497 e. The molecule has 0 N–H and O–H groups in total. The molecular formula is C19H26N2O4. The number of benzene rings is 1. The Morgan fingerprint density at radius 1 is 1.16 bits per heavy atom. The Kier molecular flexibility index (Phi) is 4.81. The fraction of sp³-hybridized carbons (Fsp3) is 0.632. The van der Waals surface area contributed by atoms with Gasteiger partial charge in [0.2, 0.25) is 0 Å². The molecule has 4 rings (SSSR count). The molecule has 2 atom stereocenters. The number of nitrogens with zero attached hydrogens (tertiary/aromatic N) is 2. The summed E-state index contributed by atoms with van der Waals surface area (Å²) in [6.45, 7) is 4.17. The Hall–Kier alpha value is -1.79. The van der Waals surface area contributed by atoms with E-state index < -0.39 is 0 Å². The van der Waals surface area contributed by atoms with Crippen LogP contribution in [0.2, 0.25) is 0 Å². The van der Waals surface area contributed by atoms with Crippen LogP contribution in [0.1, 0.15) is 18.4 Å². The van der Waals surface area contributed by atoms with Gasteiger partial charge in [0.25, 0.3) is 0 Å². The van der Waals surface area contributed by atoms with Crippen LogP contribution in [0.3, 0.4) is 0 Å². The first-order chi connectivity index (χ1) is 12.2. The predicted molar refractivity (Wildman–Crippen MR) is 92.9 cm³/mol. The zero-order valence-corrected chi connectivity index (χ0v) is 14.7. The molecule has 1 amide bonds. The normalized spacial score (nSPS) is 27.4. The van der Waals surface area contributed by atoms with Gasteiger partial charge in [-0.05, 0) is 37.0 Å². The molecule has 0 saturated carbocycles. The fourth-order valence-electron chi connectivity index (χ4n) is 4.18. The smallest absolute Gasteiger partial charge is 0.410 e. The van der Waals surface area contributed by atoms with Crippen molar-refractivity contribution in [3.05, 3.63) is 29.8 Å². The summed E-state index contributed by atoms with van der Waals surface area (Å²) in [6.07, 6.45) is 2.86. The fourth-order valence-corrected chi connectivity index (χ4v) is 4.18. The number of ether oxygens (including phenoxy) is 3. The number of fused-ring (bicyclic) bond motifs is 1. The Morgan fingerprint density at radius 3 is 2.64 bits per heavy atom. The monoisotopic (exact) mass is 346 g/mol. The van der Waals surface area contributed by atoms with Gasteiger partial charge in [-0.25, -0.2) is 4.79 Å². The molecule has 3 saturated heterocycles. The maximum absolute atomic E-state index is 12.2. The molecule has 6 heteroatoms. The summed E-state index contributed by atoms with van der Waals surface area (Å²) in [4.78, 5) is 16.7. The SMILES string of the molecule is COc1ccc(CCN2C(=O)O[C@@H]3CN(C4CCOCC4)C[C@@H]32)cc1. The highest BCUT2D eigenvalue weighted by Crippen LogP contribution is 2.30. The Labute approximate surface area is 148 Å². The standard InChI is InChI=1S/C19H26N2O4/c1-23-16-4-2-14(3-5-16)6-9-21-17-12-20(13-18(17)25-19(21)22)15-7-10-24-11-8-15/h2-5,15,17-18H,6-13H2,1H3/t17-,18+/m0/s1. The molecule has 0 radical (unpaired) electrons. The van der Waals surface area contributed by atoms with Gasteiger partial charge in [-0.1, -0.05) is 12.1 Å². The quantitative estimate of drug-likeness (QED) is 0.815. The Balaban J connectivity index is 1.35. The van der Waals surface area contributed by atoms with E-state index in [-0.39, 0.29) is 18.2 Å². The van der Waals surface area contributed by atoms with Gasteiger partial charge in [-0.2, -0.15) is 0 Å². The van der Waals surface area contributed by atoms with Crippen LogP contribution in [0, 0.1) is 0 Å². The number of hydrogen-bond acceptors (Lipinski definition) is 5. The summed E-state index contributed by atoms with van der Waals surface area (Å²) in [5, 5.41) is 0. The third-order valence-electron chi connectivity index (χ3n) is 5.66. The van der Waals surface area contributed by atoms with Crippen LogP contribution in [0.5, 0.6) is 5.75 Å². The lowest BCUT2D eigenvalue weighted by atomic mass is 10.1. The van der Waals surface area contributed by atoms with Crippen LogP contribution in [0.15, 0.2) is 24.3 Å². The van der Waals surface area contributed by atoms with Gasteiger partial charge >= 0.3 is 6.09 Å². The summed E-state index contributed by atoms with van der Waals surface area (Å²) < 4.78 is 16.3. The van der Waals surface area contributed by atoms with Gasteiger partial charge in [0.1, 0.15) is 11.9 Å². The molecule has 3 fully saturated rings. The molecule has 136 valence electrons. The van der Waals surface area contributed by atoms with Crippen molar-refractivity contribution in [1.29, 1.82) is 0 Å². The molecule has 3 aliphatic heterocycles. The van der Waals surface area contributed by atoms with Crippen molar-refractivity contribution < 1.29 is 19.0 Å². The first-order valence-corrected chi connectivity index (χ1v) is 9.16. The van der Waals surface area contributed by atoms with E-state index in [9.17, 15) is 4.79 Å². The molecule has 3 aliphatic rings. The topological polar surface area (TPSA) is 51.2 Å². The van der Waals surface area contributed by atoms with Crippen molar-refractivity contribution in [3.8, 4) is 5.75 Å². The molecule has 1 aromatic carbocycles. The van der Waals surface area contributed by atoms with Gasteiger partial charge < -0.3 is 14.2 Å². The van der Waals surface area contributed by atoms with Gasteiger partial charge in [0, 0.05) is 38.9 Å². The second kappa shape index (κ2) is 7.22. The number of methoxy groups -OCH3 is 1. The molecule has 1 aromatic rings. The number of carbonyl (C=O) groups is 1. The first-order valence-electron chi connectivity index (χ1n) is 9.16. The van der Waals surface area contributed by atoms with Crippen molar-refractivity contribution in [2.75, 3.05) is 40.0 Å². The number of hydrogen-bond donors (Lipinski definition) is 0. The second-order valence-corrected chi connectivity index (χ2v) is 7.08. The van der Waals surface area contributed by atoms with Crippen molar-refractivity contribution in [2.24, 2.45) is 0 Å². The largest absolute Gasteiger partial charge is 0.497 e. The molecule has 0 unspecified atom stereocenters. The van der Waals surface area contributed by atoms with E-state index >= 15 is 0 Å². The van der Waals surface area contributed by atoms with Gasteiger partial charge in [-0.3, -0.25) is 9.80 Å². The van der Waals surface area contributed by atoms with E-state index in [4.69, 9.17) is 14.2 Å². The lowest BCUT2D eigenvalue weighted by molar-refractivity contribution is 0.0333. The maximum Gasteiger partial charge on any atom is 0.410 e. The van der Waals surface area contributed by atoms with E-state index in [2.05, 4.69) is 17.0 Å². The van der Waals surface area contributed by atoms with E-state index in [1.165, 1.54) is 5.56 Å². The van der Waals surface area contributed by atoms with Crippen LogP contribution in [-0.2, 0) is 15.9 Å². The number of likely N-dealkylation sites (tertiary alicyclic amines) is 1. The van der Waals surface area contributed by atoms with Gasteiger partial charge in [0.05, 0.1) is 13.2 Å². The summed E-state index contributed by atoms with van der Waals surface area (Å²) >= 11 is 0. The van der Waals surface area contributed by atoms with Crippen LogP contribution in [-0.4, -0.2) is 74.0 Å². The van der Waals surface area contributed by atoms with E-state index in [0.29, 0.717) is 12.6 Å². The van der Waals surface area contributed by atoms with Crippen molar-refractivity contribution in [1.82, 2.24) is 9.80 Å². The van der Waals surface area contributed by atoms with Crippen LogP contribution in [0.25, 0.3) is 0 Å². The summed E-state index contributed by atoms with van der Waals surface area (Å²) in [7, 11) is 1.67. The van der Waals surface area contributed by atoms with Crippen LogP contribution < -0.4 is 4.74 Å². The maximum atomic E-state index is 12.2. The molecule has 0 bridgehead atoms. The van der Waals surface area contributed by atoms with Gasteiger partial charge in [0.15, 0.2) is 0 Å². The van der Waals surface area contributed by atoms with Crippen molar-refractivity contribution >= 4 is 6.09 Å². The molecule has 0 aliphatic carbocycles. The molecule has 25 heavy (non-hydrogen) atoms. The third kappa shape index (κ3) is 3.46. The van der Waals surface area contributed by atoms with E-state index in [0.717, 1.165) is 51.3 Å². The highest BCUT2D eigenvalue weighted by atomic mass is 16.6. The highest BCUT2D eigenvalue weighted by Gasteiger charge is 2.48. The zero-order valence-electron chi connectivity index (χ0n) is 14.7. The summed E-state index contributed by atoms with van der Waals surface area (Å²) in [5.41, 5.74) is 1.20. The van der Waals surface area contributed by atoms with E-state index in [1.807, 2.05) is 17.0 Å². The lowest BCUT2D eigenvalue weighted by Crippen LogP contribution is -2.43. The lowest BCUT2D eigenvalue weighted by Gasteiger charge is -2.32. The third-order valence-corrected chi connectivity index (χ3v) is 5.66. The molecule has 0 spiro atoms. The minimum absolute atomic E-state index is 0.0196. The average molecular weight is 346 g/mol. The Bertz CT molecular complexity index is 600. The molecule has 0 aromatic heterocycles. The summed E-state index contributed by atoms with van der Waals surface area (Å²) in [6, 6.07) is 8.79. The zero-order chi connectivity index (χ0) is 17.2. The Morgan fingerprint density at radius 2 is 1.92 bits per heavy atom. The molecular weight excluding hydrogens is 320 g/mol. The molecule has 3 heterocycles. The predicted octanol–water partition coefficient (Wildman–Crippen LogP) is 1.92. The summed E-state index contributed by atoms with van der Waals surface area (Å²) in [5.74, 6) is 0.854. The first kappa shape index (κ1) is 16.7. The number of carbonyl (C=O) groups excluding carboxylic acids is 1. The van der Waals surface area contributed by atoms with Crippen LogP contribution >= 0.6 is 0 Å². The number of rotatable bonds is 5. The second-order valence-electron chi connectivity index (χ2n) is 7.08. The van der Waals surface area contributed by atoms with Crippen molar-refractivity contribution in [3.63, 3.8) is 0 Å². The molecule has 6 nitrogen and oxygen atoms in total.